The Hall–Kier alpha value is -2.03. The van der Waals surface area contributed by atoms with E-state index in [2.05, 4.69) is 5.32 Å². The summed E-state index contributed by atoms with van der Waals surface area (Å²) in [4.78, 5) is 29.2. The summed E-state index contributed by atoms with van der Waals surface area (Å²) >= 11 is 0. The van der Waals surface area contributed by atoms with Crippen molar-refractivity contribution in [2.45, 2.75) is 26.1 Å². The number of hydrogen-bond acceptors (Lipinski definition) is 3. The van der Waals surface area contributed by atoms with Gasteiger partial charge in [-0.3, -0.25) is 9.59 Å². The Balaban J connectivity index is 1.38. The highest BCUT2D eigenvalue weighted by atomic mass is 19.1. The Morgan fingerprint density at radius 2 is 1.57 bits per heavy atom. The van der Waals surface area contributed by atoms with Gasteiger partial charge < -0.3 is 24.8 Å². The van der Waals surface area contributed by atoms with Gasteiger partial charge in [0, 0.05) is 18.8 Å². The number of hydrogen-bond donors (Lipinski definition) is 3. The summed E-state index contributed by atoms with van der Waals surface area (Å²) in [5.41, 5.74) is 0.606. The number of halogens is 1. The molecule has 2 aliphatic heterocycles. The number of ether oxygens (including phenoxy) is 1. The van der Waals surface area contributed by atoms with E-state index in [1.54, 1.807) is 12.1 Å². The minimum absolute atomic E-state index is 0.0718. The van der Waals surface area contributed by atoms with Crippen LogP contribution in [-0.4, -0.2) is 81.3 Å². The van der Waals surface area contributed by atoms with Gasteiger partial charge in [-0.25, -0.2) is 4.39 Å². The van der Waals surface area contributed by atoms with Crippen molar-refractivity contribution in [1.29, 1.82) is 0 Å². The van der Waals surface area contributed by atoms with Crippen LogP contribution in [0.15, 0.2) is 24.3 Å². The number of rotatable bonds is 5. The van der Waals surface area contributed by atoms with Crippen LogP contribution >= 0.6 is 0 Å². The number of piperazine rings is 1. The molecule has 2 heterocycles. The molecule has 1 aromatic rings. The minimum atomic E-state index is -0.321. The zero-order valence-electron chi connectivity index (χ0n) is 16.7. The van der Waals surface area contributed by atoms with E-state index in [9.17, 15) is 14.0 Å². The van der Waals surface area contributed by atoms with Gasteiger partial charge in [-0.2, -0.15) is 0 Å². The smallest absolute Gasteiger partial charge is 0.279 e. The lowest BCUT2D eigenvalue weighted by molar-refractivity contribution is -1.00. The Labute approximate surface area is 165 Å². The molecule has 0 aromatic heterocycles. The number of anilines is 1. The monoisotopic (exact) mass is 394 g/mol. The average molecular weight is 394 g/mol. The van der Waals surface area contributed by atoms with E-state index in [1.807, 2.05) is 18.7 Å². The fourth-order valence-electron chi connectivity index (χ4n) is 3.98. The number of carbonyl (C=O) groups excluding carboxylic acids is 2. The molecule has 0 saturated carbocycles. The maximum absolute atomic E-state index is 12.9. The lowest BCUT2D eigenvalue weighted by atomic mass is 10.2. The van der Waals surface area contributed by atoms with Crippen molar-refractivity contribution in [3.63, 3.8) is 0 Å². The highest BCUT2D eigenvalue weighted by Crippen LogP contribution is 2.10. The van der Waals surface area contributed by atoms with Crippen LogP contribution in [0.4, 0.5) is 10.1 Å². The molecule has 28 heavy (non-hydrogen) atoms. The van der Waals surface area contributed by atoms with Crippen LogP contribution < -0.4 is 15.1 Å². The fraction of sp³-hybridized carbons (Fsp3) is 0.600. The number of benzene rings is 1. The molecule has 8 heteroatoms. The molecule has 1 aromatic carbocycles. The van der Waals surface area contributed by atoms with E-state index >= 15 is 0 Å². The lowest BCUT2D eigenvalue weighted by Gasteiger charge is -2.36. The van der Waals surface area contributed by atoms with Crippen LogP contribution in [0.3, 0.4) is 0 Å². The zero-order chi connectivity index (χ0) is 20.1. The first kappa shape index (κ1) is 20.7. The highest BCUT2D eigenvalue weighted by molar-refractivity contribution is 5.91. The lowest BCUT2D eigenvalue weighted by Crippen LogP contribution is -3.28. The van der Waals surface area contributed by atoms with Gasteiger partial charge in [0.2, 0.25) is 0 Å². The molecule has 154 valence electrons. The second-order valence-corrected chi connectivity index (χ2v) is 7.96. The van der Waals surface area contributed by atoms with Crippen molar-refractivity contribution in [3.8, 4) is 0 Å². The summed E-state index contributed by atoms with van der Waals surface area (Å²) in [5.74, 6) is -0.204. The number of carbonyl (C=O) groups is 2. The first-order valence-electron chi connectivity index (χ1n) is 10.0. The van der Waals surface area contributed by atoms with Gasteiger partial charge >= 0.3 is 0 Å². The second kappa shape index (κ2) is 9.45. The quantitative estimate of drug-likeness (QED) is 0.551. The van der Waals surface area contributed by atoms with Crippen LogP contribution in [0, 0.1) is 5.82 Å². The standard InChI is InChI=1S/C20H29FN4O3/c1-15-11-25(12-16(2)28-15)20(27)14-24-9-7-23(8-10-24)13-19(26)22-18-5-3-17(21)4-6-18/h3-6,15-16H,7-14H2,1-2H3,(H,22,26)/p+2/t15-,16-/m0/s1. The summed E-state index contributed by atoms with van der Waals surface area (Å²) in [7, 11) is 0. The third kappa shape index (κ3) is 5.98. The van der Waals surface area contributed by atoms with E-state index < -0.39 is 0 Å². The number of quaternary nitrogens is 2. The van der Waals surface area contributed by atoms with Gasteiger partial charge in [-0.1, -0.05) is 0 Å². The van der Waals surface area contributed by atoms with Gasteiger partial charge in [0.25, 0.3) is 11.8 Å². The fourth-order valence-corrected chi connectivity index (χ4v) is 3.98. The van der Waals surface area contributed by atoms with Crippen LogP contribution in [0.25, 0.3) is 0 Å². The van der Waals surface area contributed by atoms with Crippen molar-refractivity contribution in [3.05, 3.63) is 30.1 Å². The maximum atomic E-state index is 12.9. The SMILES string of the molecule is C[C@H]1CN(C(=O)C[NH+]2CC[NH+](CC(=O)Nc3ccc(F)cc3)CC2)C[C@H](C)O1. The molecular weight excluding hydrogens is 363 g/mol. The normalized spacial score (nSPS) is 28.0. The Kier molecular flexibility index (Phi) is 6.98. The molecule has 0 unspecified atom stereocenters. The Morgan fingerprint density at radius 1 is 1.04 bits per heavy atom. The molecule has 0 aliphatic carbocycles. The highest BCUT2D eigenvalue weighted by Gasteiger charge is 2.31. The van der Waals surface area contributed by atoms with Gasteiger partial charge in [0.15, 0.2) is 13.1 Å². The predicted molar refractivity (Wildman–Crippen MR) is 103 cm³/mol. The Bertz CT molecular complexity index is 667. The molecule has 2 atom stereocenters. The maximum Gasteiger partial charge on any atom is 0.279 e. The first-order valence-corrected chi connectivity index (χ1v) is 10.0. The van der Waals surface area contributed by atoms with Crippen molar-refractivity contribution in [2.24, 2.45) is 0 Å². The van der Waals surface area contributed by atoms with Crippen molar-refractivity contribution in [1.82, 2.24) is 4.90 Å². The molecule has 0 bridgehead atoms. The van der Waals surface area contributed by atoms with Crippen molar-refractivity contribution in [2.75, 3.05) is 57.7 Å². The van der Waals surface area contributed by atoms with Gasteiger partial charge in [-0.05, 0) is 38.1 Å². The molecule has 2 amide bonds. The molecule has 2 fully saturated rings. The second-order valence-electron chi connectivity index (χ2n) is 7.96. The molecular formula is C20H31FN4O3+2. The third-order valence-corrected chi connectivity index (χ3v) is 5.38. The summed E-state index contributed by atoms with van der Waals surface area (Å²) < 4.78 is 18.6. The molecule has 7 nitrogen and oxygen atoms in total. The Morgan fingerprint density at radius 3 is 2.14 bits per heavy atom. The molecule has 2 aliphatic rings. The molecule has 0 spiro atoms. The average Bonchev–Trinajstić information content (AvgIpc) is 2.64. The predicted octanol–water partition coefficient (Wildman–Crippen LogP) is -1.82. The van der Waals surface area contributed by atoms with E-state index in [0.29, 0.717) is 31.9 Å². The van der Waals surface area contributed by atoms with Gasteiger partial charge in [0.1, 0.15) is 32.0 Å². The summed E-state index contributed by atoms with van der Waals surface area (Å²) in [6.45, 7) is 9.69. The molecule has 3 N–H and O–H groups in total. The summed E-state index contributed by atoms with van der Waals surface area (Å²) in [6.07, 6.45) is 0.173. The number of morpholine rings is 1. The summed E-state index contributed by atoms with van der Waals surface area (Å²) in [6, 6.07) is 5.78. The van der Waals surface area contributed by atoms with E-state index in [0.717, 1.165) is 26.2 Å². The number of amides is 2. The van der Waals surface area contributed by atoms with Crippen LogP contribution in [0.5, 0.6) is 0 Å². The van der Waals surface area contributed by atoms with Crippen molar-refractivity contribution < 1.29 is 28.5 Å². The van der Waals surface area contributed by atoms with E-state index in [4.69, 9.17) is 4.74 Å². The zero-order valence-corrected chi connectivity index (χ0v) is 16.7. The van der Waals surface area contributed by atoms with E-state index in [1.165, 1.54) is 21.9 Å². The van der Waals surface area contributed by atoms with Crippen LogP contribution in [0.2, 0.25) is 0 Å². The van der Waals surface area contributed by atoms with Crippen LogP contribution in [0.1, 0.15) is 13.8 Å². The van der Waals surface area contributed by atoms with Gasteiger partial charge in [0.05, 0.1) is 12.2 Å². The third-order valence-electron chi connectivity index (χ3n) is 5.38. The first-order chi connectivity index (χ1) is 13.4. The molecule has 3 rings (SSSR count). The largest absolute Gasteiger partial charge is 0.372 e. The van der Waals surface area contributed by atoms with Crippen LogP contribution in [-0.2, 0) is 14.3 Å². The molecule has 0 radical (unpaired) electrons. The number of nitrogens with one attached hydrogen (secondary N) is 3. The van der Waals surface area contributed by atoms with Crippen molar-refractivity contribution >= 4 is 17.5 Å². The van der Waals surface area contributed by atoms with Gasteiger partial charge in [-0.15, -0.1) is 0 Å². The topological polar surface area (TPSA) is 67.5 Å². The van der Waals surface area contributed by atoms with E-state index in [-0.39, 0.29) is 29.8 Å². The minimum Gasteiger partial charge on any atom is -0.372 e. The summed E-state index contributed by atoms with van der Waals surface area (Å²) in [5, 5.41) is 2.81. The number of nitrogens with zero attached hydrogens (tertiary/aromatic N) is 1. The molecule has 2 saturated heterocycles.